The summed E-state index contributed by atoms with van der Waals surface area (Å²) in [6.07, 6.45) is 6.86. The number of anilines is 2. The molecule has 11 heteroatoms. The normalized spacial score (nSPS) is 26.8. The topological polar surface area (TPSA) is 157 Å². The molecule has 3 fully saturated rings. The fraction of sp³-hybridized carbons (Fsp3) is 0.630. The van der Waals surface area contributed by atoms with Crippen molar-refractivity contribution in [3.05, 3.63) is 23.7 Å². The summed E-state index contributed by atoms with van der Waals surface area (Å²) in [4.78, 5) is 19.1. The summed E-state index contributed by atoms with van der Waals surface area (Å²) in [5.74, 6) is 1.02. The molecule has 3 aliphatic rings. The van der Waals surface area contributed by atoms with Crippen molar-refractivity contribution in [3.63, 3.8) is 0 Å². The van der Waals surface area contributed by atoms with Crippen LogP contribution in [-0.4, -0.2) is 77.4 Å². The van der Waals surface area contributed by atoms with E-state index in [2.05, 4.69) is 15.6 Å². The molecule has 6 N–H and O–H groups in total. The van der Waals surface area contributed by atoms with Crippen LogP contribution in [0.1, 0.15) is 68.7 Å². The quantitative estimate of drug-likeness (QED) is 0.238. The Bertz CT molecular complexity index is 1310. The number of nitrogens with one attached hydrogen (secondary N) is 2. The van der Waals surface area contributed by atoms with E-state index < -0.39 is 29.8 Å². The summed E-state index contributed by atoms with van der Waals surface area (Å²) in [6.45, 7) is 2.26. The zero-order chi connectivity index (χ0) is 26.4. The standard InChI is InChI=1S/C27H36N6O4S/c1-14-19(25-32-21-18(38-25)6-10-28-20(21)15-4-5-15)24(31-17-12-16(13-34)22(35)23(17)36)33-26(30-14)29-11-9-27(37)7-2-3-8-27/h6,10,15-17,22-23,34-37H,2-5,7-9,11-13H2,1H3,(H2,29,30,31,33). The predicted octanol–water partition coefficient (Wildman–Crippen LogP) is 2.96. The van der Waals surface area contributed by atoms with Gasteiger partial charge >= 0.3 is 0 Å². The highest BCUT2D eigenvalue weighted by molar-refractivity contribution is 7.21. The van der Waals surface area contributed by atoms with Crippen molar-refractivity contribution in [1.29, 1.82) is 0 Å². The third-order valence-electron chi connectivity index (χ3n) is 8.37. The van der Waals surface area contributed by atoms with Crippen LogP contribution in [0.15, 0.2) is 12.3 Å². The number of aliphatic hydroxyl groups excluding tert-OH is 3. The van der Waals surface area contributed by atoms with Crippen molar-refractivity contribution >= 4 is 33.3 Å². The minimum absolute atomic E-state index is 0.198. The first-order valence-corrected chi connectivity index (χ1v) is 14.5. The van der Waals surface area contributed by atoms with Crippen LogP contribution in [0, 0.1) is 12.8 Å². The number of fused-ring (bicyclic) bond motifs is 1. The molecule has 38 heavy (non-hydrogen) atoms. The van der Waals surface area contributed by atoms with E-state index in [4.69, 9.17) is 15.0 Å². The molecule has 0 saturated heterocycles. The van der Waals surface area contributed by atoms with Crippen molar-refractivity contribution in [1.82, 2.24) is 19.9 Å². The lowest BCUT2D eigenvalue weighted by molar-refractivity contribution is 0.00446. The molecule has 0 radical (unpaired) electrons. The lowest BCUT2D eigenvalue weighted by atomic mass is 9.98. The van der Waals surface area contributed by atoms with E-state index in [1.807, 2.05) is 19.2 Å². The van der Waals surface area contributed by atoms with Gasteiger partial charge in [-0.15, -0.1) is 11.3 Å². The van der Waals surface area contributed by atoms with Gasteiger partial charge in [-0.2, -0.15) is 4.98 Å². The number of hydrogen-bond donors (Lipinski definition) is 6. The molecule has 3 aromatic heterocycles. The van der Waals surface area contributed by atoms with Crippen LogP contribution < -0.4 is 10.6 Å². The summed E-state index contributed by atoms with van der Waals surface area (Å²) in [6, 6.07) is 1.50. The van der Waals surface area contributed by atoms with Gasteiger partial charge in [0.2, 0.25) is 5.95 Å². The third-order valence-corrected chi connectivity index (χ3v) is 9.41. The second-order valence-electron chi connectivity index (χ2n) is 11.2. The highest BCUT2D eigenvalue weighted by Gasteiger charge is 2.42. The summed E-state index contributed by atoms with van der Waals surface area (Å²) in [7, 11) is 0. The van der Waals surface area contributed by atoms with Crippen molar-refractivity contribution in [2.24, 2.45) is 5.92 Å². The van der Waals surface area contributed by atoms with Crippen LogP contribution in [0.2, 0.25) is 0 Å². The second kappa shape index (κ2) is 10.3. The van der Waals surface area contributed by atoms with E-state index in [0.29, 0.717) is 37.1 Å². The predicted molar refractivity (Wildman–Crippen MR) is 146 cm³/mol. The fourth-order valence-electron chi connectivity index (χ4n) is 5.96. The van der Waals surface area contributed by atoms with Crippen LogP contribution in [0.5, 0.6) is 0 Å². The van der Waals surface area contributed by atoms with E-state index in [0.717, 1.165) is 70.7 Å². The highest BCUT2D eigenvalue weighted by atomic mass is 32.1. The number of aryl methyl sites for hydroxylation is 1. The Kier molecular flexibility index (Phi) is 6.98. The van der Waals surface area contributed by atoms with Crippen LogP contribution in [0.25, 0.3) is 20.8 Å². The average Bonchev–Trinajstić information content (AvgIpc) is 3.41. The van der Waals surface area contributed by atoms with Gasteiger partial charge in [0, 0.05) is 31.2 Å². The first kappa shape index (κ1) is 25.8. The average molecular weight is 541 g/mol. The summed E-state index contributed by atoms with van der Waals surface area (Å²) >= 11 is 1.57. The molecule has 10 nitrogen and oxygen atoms in total. The number of aromatic nitrogens is 4. The van der Waals surface area contributed by atoms with Gasteiger partial charge in [-0.25, -0.2) is 9.97 Å². The third kappa shape index (κ3) is 4.98. The molecule has 0 spiro atoms. The van der Waals surface area contributed by atoms with Crippen LogP contribution in [0.4, 0.5) is 11.8 Å². The van der Waals surface area contributed by atoms with Gasteiger partial charge in [-0.3, -0.25) is 4.98 Å². The molecular formula is C27H36N6O4S. The number of thiazole rings is 1. The van der Waals surface area contributed by atoms with Gasteiger partial charge in [0.05, 0.1) is 39.4 Å². The van der Waals surface area contributed by atoms with Gasteiger partial charge in [0.15, 0.2) is 0 Å². The number of hydrogen-bond acceptors (Lipinski definition) is 11. The van der Waals surface area contributed by atoms with E-state index in [1.165, 1.54) is 0 Å². The molecule has 3 heterocycles. The van der Waals surface area contributed by atoms with Gasteiger partial charge in [-0.1, -0.05) is 12.8 Å². The molecule has 6 rings (SSSR count). The molecule has 0 amide bonds. The number of aliphatic hydroxyl groups is 4. The Morgan fingerprint density at radius 3 is 2.61 bits per heavy atom. The SMILES string of the molecule is Cc1nc(NCCC2(O)CCCC2)nc(NC2CC(CO)C(O)C2O)c1-c1nc2c(C3CC3)nccc2s1. The smallest absolute Gasteiger partial charge is 0.224 e. The van der Waals surface area contributed by atoms with E-state index in [9.17, 15) is 20.4 Å². The lowest BCUT2D eigenvalue weighted by Gasteiger charge is -2.23. The zero-order valence-electron chi connectivity index (χ0n) is 21.6. The number of pyridine rings is 1. The molecule has 3 aromatic rings. The molecule has 3 aliphatic carbocycles. The van der Waals surface area contributed by atoms with Crippen LogP contribution >= 0.6 is 11.3 Å². The minimum Gasteiger partial charge on any atom is -0.396 e. The Labute approximate surface area is 225 Å². The van der Waals surface area contributed by atoms with Crippen molar-refractivity contribution in [2.75, 3.05) is 23.8 Å². The van der Waals surface area contributed by atoms with Gasteiger partial charge in [-0.05, 0) is 51.5 Å². The number of nitrogens with zero attached hydrogens (tertiary/aromatic N) is 4. The van der Waals surface area contributed by atoms with E-state index >= 15 is 0 Å². The van der Waals surface area contributed by atoms with Crippen molar-refractivity contribution in [3.8, 4) is 10.6 Å². The first-order chi connectivity index (χ1) is 18.3. The van der Waals surface area contributed by atoms with Gasteiger partial charge in [0.1, 0.15) is 22.4 Å². The Hall–Kier alpha value is -2.44. The van der Waals surface area contributed by atoms with Crippen molar-refractivity contribution in [2.45, 2.75) is 88.1 Å². The maximum atomic E-state index is 10.7. The molecule has 4 unspecified atom stereocenters. The summed E-state index contributed by atoms with van der Waals surface area (Å²) in [5, 5.41) is 48.9. The molecular weight excluding hydrogens is 504 g/mol. The number of rotatable bonds is 9. The minimum atomic E-state index is -1.04. The molecule has 3 saturated carbocycles. The summed E-state index contributed by atoms with van der Waals surface area (Å²) < 4.78 is 1.06. The summed E-state index contributed by atoms with van der Waals surface area (Å²) in [5.41, 5.74) is 2.82. The maximum absolute atomic E-state index is 10.7. The molecule has 4 atom stereocenters. The monoisotopic (exact) mass is 540 g/mol. The van der Waals surface area contributed by atoms with Gasteiger partial charge < -0.3 is 31.1 Å². The second-order valence-corrected chi connectivity index (χ2v) is 12.2. The maximum Gasteiger partial charge on any atom is 0.224 e. The van der Waals surface area contributed by atoms with E-state index in [-0.39, 0.29) is 6.61 Å². The van der Waals surface area contributed by atoms with Crippen LogP contribution in [-0.2, 0) is 0 Å². The zero-order valence-corrected chi connectivity index (χ0v) is 22.4. The Balaban J connectivity index is 1.33. The fourth-order valence-corrected chi connectivity index (χ4v) is 7.03. The van der Waals surface area contributed by atoms with Crippen molar-refractivity contribution < 1.29 is 20.4 Å². The van der Waals surface area contributed by atoms with Gasteiger partial charge in [0.25, 0.3) is 0 Å². The molecule has 204 valence electrons. The lowest BCUT2D eigenvalue weighted by Crippen LogP contribution is -2.35. The largest absolute Gasteiger partial charge is 0.396 e. The Morgan fingerprint density at radius 2 is 1.89 bits per heavy atom. The molecule has 0 aliphatic heterocycles. The Morgan fingerprint density at radius 1 is 1.11 bits per heavy atom. The highest BCUT2D eigenvalue weighted by Crippen LogP contribution is 2.44. The molecule has 0 bridgehead atoms. The first-order valence-electron chi connectivity index (χ1n) is 13.7. The molecule has 0 aromatic carbocycles. The van der Waals surface area contributed by atoms with Crippen LogP contribution in [0.3, 0.4) is 0 Å². The van der Waals surface area contributed by atoms with E-state index in [1.54, 1.807) is 11.3 Å².